The molecular formula is C21H19FN7O4-. The maximum Gasteiger partial charge on any atom is 0.255 e. The van der Waals surface area contributed by atoms with E-state index in [-0.39, 0.29) is 30.6 Å². The topological polar surface area (TPSA) is 150 Å². The molecule has 170 valence electrons. The zero-order valence-electron chi connectivity index (χ0n) is 17.5. The highest BCUT2D eigenvalue weighted by atomic mass is 19.1. The van der Waals surface area contributed by atoms with Crippen molar-refractivity contribution < 1.29 is 23.8 Å². The third-order valence-electron chi connectivity index (χ3n) is 5.55. The second-order valence-corrected chi connectivity index (χ2v) is 7.86. The van der Waals surface area contributed by atoms with Crippen molar-refractivity contribution in [2.75, 3.05) is 13.2 Å². The van der Waals surface area contributed by atoms with Crippen molar-refractivity contribution in [2.24, 2.45) is 7.05 Å². The van der Waals surface area contributed by atoms with Gasteiger partial charge in [-0.25, -0.2) is 14.4 Å². The number of ether oxygens (including phenoxy) is 1. The van der Waals surface area contributed by atoms with Gasteiger partial charge in [-0.2, -0.15) is 5.10 Å². The van der Waals surface area contributed by atoms with Crippen molar-refractivity contribution >= 4 is 34.1 Å². The monoisotopic (exact) mass is 452 g/mol. The lowest BCUT2D eigenvalue weighted by Crippen LogP contribution is -2.53. The first-order valence-electron chi connectivity index (χ1n) is 10.2. The normalized spacial score (nSPS) is 18.5. The number of rotatable bonds is 4. The molecule has 2 atom stereocenters. The summed E-state index contributed by atoms with van der Waals surface area (Å²) in [6.07, 6.45) is 2.03. The van der Waals surface area contributed by atoms with Crippen molar-refractivity contribution in [3.63, 3.8) is 0 Å². The molecule has 0 radical (unpaired) electrons. The summed E-state index contributed by atoms with van der Waals surface area (Å²) in [7, 11) is 1.71. The molecule has 0 spiro atoms. The van der Waals surface area contributed by atoms with Gasteiger partial charge in [0.1, 0.15) is 28.8 Å². The number of hydrogen-bond acceptors (Lipinski definition) is 7. The Kier molecular flexibility index (Phi) is 5.13. The molecule has 1 aliphatic heterocycles. The average Bonchev–Trinajstić information content (AvgIpc) is 3.34. The highest BCUT2D eigenvalue weighted by Crippen LogP contribution is 2.28. The van der Waals surface area contributed by atoms with Crippen LogP contribution in [0.5, 0.6) is 0 Å². The number of fused-ring (bicyclic) bond motifs is 2. The van der Waals surface area contributed by atoms with Crippen molar-refractivity contribution in [2.45, 2.75) is 18.5 Å². The molecule has 0 bridgehead atoms. The zero-order chi connectivity index (χ0) is 23.1. The first kappa shape index (κ1) is 20.8. The summed E-state index contributed by atoms with van der Waals surface area (Å²) in [6, 6.07) is 3.51. The number of carboxylic acid groups (broad SMARTS) is 1. The molecular weight excluding hydrogens is 433 g/mol. The molecule has 3 N–H and O–H groups in total. The Hall–Kier alpha value is -4.06. The van der Waals surface area contributed by atoms with Gasteiger partial charge in [0.2, 0.25) is 0 Å². The Morgan fingerprint density at radius 1 is 1.27 bits per heavy atom. The molecule has 2 unspecified atom stereocenters. The quantitative estimate of drug-likeness (QED) is 0.407. The SMILES string of the molecule is Cn1nc(-c2cnc3[nH]cc(C(=O)NC4COCC(NC(=O)[O-])C4)c3n2)c2ccc(F)cc21. The van der Waals surface area contributed by atoms with Crippen LogP contribution in [0.15, 0.2) is 30.6 Å². The van der Waals surface area contributed by atoms with E-state index in [1.807, 2.05) is 0 Å². The largest absolute Gasteiger partial charge is 0.530 e. The molecule has 33 heavy (non-hydrogen) atoms. The number of aryl methyl sites for hydroxylation is 1. The molecule has 12 heteroatoms. The summed E-state index contributed by atoms with van der Waals surface area (Å²) in [5.74, 6) is -0.768. The van der Waals surface area contributed by atoms with E-state index in [1.165, 1.54) is 24.5 Å². The van der Waals surface area contributed by atoms with Gasteiger partial charge in [0.25, 0.3) is 5.91 Å². The summed E-state index contributed by atoms with van der Waals surface area (Å²) < 4.78 is 20.6. The van der Waals surface area contributed by atoms with Crippen LogP contribution in [0, 0.1) is 5.82 Å². The maximum atomic E-state index is 13.7. The number of nitrogens with one attached hydrogen (secondary N) is 3. The molecule has 1 aromatic carbocycles. The van der Waals surface area contributed by atoms with Crippen molar-refractivity contribution in [1.82, 2.24) is 35.4 Å². The van der Waals surface area contributed by atoms with Gasteiger partial charge >= 0.3 is 0 Å². The van der Waals surface area contributed by atoms with Gasteiger partial charge in [0.05, 0.1) is 42.6 Å². The van der Waals surface area contributed by atoms with Gasteiger partial charge in [0, 0.05) is 18.6 Å². The molecule has 4 heterocycles. The second-order valence-electron chi connectivity index (χ2n) is 7.86. The predicted molar refractivity (Wildman–Crippen MR) is 113 cm³/mol. The third-order valence-corrected chi connectivity index (χ3v) is 5.55. The average molecular weight is 452 g/mol. The summed E-state index contributed by atoms with van der Waals surface area (Å²) in [5.41, 5.74) is 2.62. The molecule has 3 aromatic heterocycles. The minimum Gasteiger partial charge on any atom is -0.530 e. The first-order chi connectivity index (χ1) is 15.9. The summed E-state index contributed by atoms with van der Waals surface area (Å²) in [6.45, 7) is 0.469. The van der Waals surface area contributed by atoms with E-state index < -0.39 is 18.0 Å². The Morgan fingerprint density at radius 3 is 2.85 bits per heavy atom. The molecule has 11 nitrogen and oxygen atoms in total. The number of amides is 2. The van der Waals surface area contributed by atoms with E-state index in [0.717, 1.165) is 0 Å². The summed E-state index contributed by atoms with van der Waals surface area (Å²) in [5, 5.41) is 21.0. The fourth-order valence-corrected chi connectivity index (χ4v) is 4.06. The molecule has 0 aliphatic carbocycles. The first-order valence-corrected chi connectivity index (χ1v) is 10.2. The van der Waals surface area contributed by atoms with Crippen LogP contribution < -0.4 is 15.7 Å². The van der Waals surface area contributed by atoms with Crippen LogP contribution in [-0.2, 0) is 11.8 Å². The van der Waals surface area contributed by atoms with E-state index in [1.54, 1.807) is 17.8 Å². The van der Waals surface area contributed by atoms with Crippen molar-refractivity contribution in [1.29, 1.82) is 0 Å². The highest BCUT2D eigenvalue weighted by Gasteiger charge is 2.26. The van der Waals surface area contributed by atoms with Gasteiger partial charge in [-0.15, -0.1) is 0 Å². The molecule has 1 fully saturated rings. The van der Waals surface area contributed by atoms with Crippen molar-refractivity contribution in [3.8, 4) is 11.4 Å². The third kappa shape index (κ3) is 3.96. The van der Waals surface area contributed by atoms with Gasteiger partial charge in [-0.1, -0.05) is 0 Å². The van der Waals surface area contributed by atoms with E-state index in [9.17, 15) is 19.1 Å². The standard InChI is InChI=1S/C21H20FN7O4/c1-29-16-4-10(22)2-3-13(16)17(28-29)15-7-24-19-18(27-15)14(6-23-19)20(30)25-11-5-12(9-33-8-11)26-21(31)32/h2-4,6-7,11-12,26H,5,8-9H2,1H3,(H,23,24)(H,25,30)(H,31,32)/p-1. The lowest BCUT2D eigenvalue weighted by Gasteiger charge is -2.31. The van der Waals surface area contributed by atoms with Crippen LogP contribution in [0.25, 0.3) is 33.5 Å². The fraction of sp³-hybridized carbons (Fsp3) is 0.286. The number of hydrogen-bond donors (Lipinski definition) is 3. The molecule has 1 aliphatic rings. The van der Waals surface area contributed by atoms with E-state index in [4.69, 9.17) is 4.74 Å². The number of nitrogens with zero attached hydrogens (tertiary/aromatic N) is 4. The maximum absolute atomic E-state index is 13.7. The number of benzene rings is 1. The number of aromatic amines is 1. The highest BCUT2D eigenvalue weighted by molar-refractivity contribution is 6.05. The van der Waals surface area contributed by atoms with Gasteiger partial charge < -0.3 is 30.3 Å². The van der Waals surface area contributed by atoms with Gasteiger partial charge in [0.15, 0.2) is 5.65 Å². The molecule has 5 rings (SSSR count). The second kappa shape index (κ2) is 8.13. The lowest BCUT2D eigenvalue weighted by atomic mass is 10.1. The van der Waals surface area contributed by atoms with Crippen LogP contribution in [0.4, 0.5) is 9.18 Å². The van der Waals surface area contributed by atoms with Crippen LogP contribution in [-0.4, -0.2) is 62.0 Å². The number of carbonyl (C=O) groups excluding carboxylic acids is 2. The number of aromatic nitrogens is 5. The minimum absolute atomic E-state index is 0.213. The van der Waals surface area contributed by atoms with Crippen molar-refractivity contribution in [3.05, 3.63) is 42.0 Å². The van der Waals surface area contributed by atoms with Crippen LogP contribution in [0.3, 0.4) is 0 Å². The van der Waals surface area contributed by atoms with E-state index in [0.29, 0.717) is 39.9 Å². The Labute approximate surface area is 186 Å². The molecule has 1 saturated heterocycles. The molecule has 2 amide bonds. The fourth-order valence-electron chi connectivity index (χ4n) is 4.06. The minimum atomic E-state index is -1.39. The Balaban J connectivity index is 1.43. The number of carbonyl (C=O) groups is 2. The van der Waals surface area contributed by atoms with Crippen LogP contribution in [0.2, 0.25) is 0 Å². The number of halogens is 1. The summed E-state index contributed by atoms with van der Waals surface area (Å²) >= 11 is 0. The van der Waals surface area contributed by atoms with Gasteiger partial charge in [-0.3, -0.25) is 9.48 Å². The zero-order valence-corrected chi connectivity index (χ0v) is 17.5. The van der Waals surface area contributed by atoms with E-state index >= 15 is 0 Å². The van der Waals surface area contributed by atoms with E-state index in [2.05, 4.69) is 30.7 Å². The molecule has 4 aromatic rings. The molecule has 0 saturated carbocycles. The summed E-state index contributed by atoms with van der Waals surface area (Å²) in [4.78, 5) is 35.6. The Morgan fingerprint density at radius 2 is 2.06 bits per heavy atom. The lowest BCUT2D eigenvalue weighted by molar-refractivity contribution is -0.252. The number of H-pyrrole nitrogens is 1. The predicted octanol–water partition coefficient (Wildman–Crippen LogP) is 0.471. The Bertz CT molecular complexity index is 1380. The van der Waals surface area contributed by atoms with Crippen LogP contribution in [0.1, 0.15) is 16.8 Å². The van der Waals surface area contributed by atoms with Gasteiger partial charge in [-0.05, 0) is 24.6 Å². The van der Waals surface area contributed by atoms with Crippen LogP contribution >= 0.6 is 0 Å². The smallest absolute Gasteiger partial charge is 0.255 e.